The van der Waals surface area contributed by atoms with E-state index in [1.54, 1.807) is 0 Å². The minimum absolute atomic E-state index is 0.0214. The van der Waals surface area contributed by atoms with Gasteiger partial charge in [-0.3, -0.25) is 0 Å². The van der Waals surface area contributed by atoms with Crippen LogP contribution in [-0.4, -0.2) is 43.5 Å². The van der Waals surface area contributed by atoms with Crippen LogP contribution in [0.15, 0.2) is 4.99 Å². The molecule has 136 valence electrons. The van der Waals surface area contributed by atoms with Gasteiger partial charge in [0.1, 0.15) is 0 Å². The number of rotatable bonds is 0. The smallest absolute Gasteiger partial charge is 0.198 e. The number of hydrogen-bond donors (Lipinski definition) is 0. The summed E-state index contributed by atoms with van der Waals surface area (Å²) in [5.74, 6) is 1.14. The molecule has 0 aromatic heterocycles. The quantitative estimate of drug-likeness (QED) is 0.602. The summed E-state index contributed by atoms with van der Waals surface area (Å²) >= 11 is 0. The maximum Gasteiger partial charge on any atom is 0.198 e. The van der Waals surface area contributed by atoms with Gasteiger partial charge in [0.25, 0.3) is 0 Å². The molecule has 23 heavy (non-hydrogen) atoms. The Hall–Kier alpha value is -0.730. The van der Waals surface area contributed by atoms with Crippen LogP contribution in [0, 0.1) is 0 Å². The van der Waals surface area contributed by atoms with Crippen LogP contribution >= 0.6 is 0 Å². The van der Waals surface area contributed by atoms with E-state index in [-0.39, 0.29) is 27.7 Å². The lowest BCUT2D eigenvalue weighted by atomic mass is 9.77. The zero-order valence-electron chi connectivity index (χ0n) is 18.0. The highest BCUT2D eigenvalue weighted by Crippen LogP contribution is 2.44. The minimum atomic E-state index is -0.105. The zero-order chi connectivity index (χ0) is 18.6. The van der Waals surface area contributed by atoms with E-state index >= 15 is 0 Å². The average Bonchev–Trinajstić information content (AvgIpc) is 2.02. The summed E-state index contributed by atoms with van der Waals surface area (Å²) in [5, 5.41) is 0. The van der Waals surface area contributed by atoms with E-state index < -0.39 is 0 Å². The summed E-state index contributed by atoms with van der Waals surface area (Å²) in [6.07, 6.45) is 1.11. The molecule has 0 aromatic carbocycles. The summed E-state index contributed by atoms with van der Waals surface area (Å²) in [5.41, 5.74) is 0.0637. The molecule has 0 aliphatic carbocycles. The second-order valence-corrected chi connectivity index (χ2v) is 11.4. The summed E-state index contributed by atoms with van der Waals surface area (Å²) in [4.78, 5) is 10.3. The first-order valence-corrected chi connectivity index (χ1v) is 9.00. The van der Waals surface area contributed by atoms with Gasteiger partial charge in [0.2, 0.25) is 0 Å². The van der Waals surface area contributed by atoms with Gasteiger partial charge in [-0.25, -0.2) is 4.99 Å². The third-order valence-electron chi connectivity index (χ3n) is 4.25. The average molecular weight is 324 g/mol. The highest BCUT2D eigenvalue weighted by Gasteiger charge is 2.53. The fraction of sp³-hybridized carbons (Fsp3) is 0.950. The highest BCUT2D eigenvalue weighted by molar-refractivity contribution is 5.84. The lowest BCUT2D eigenvalue weighted by molar-refractivity contribution is -0.0386. The van der Waals surface area contributed by atoms with E-state index in [0.717, 1.165) is 12.4 Å². The van der Waals surface area contributed by atoms with Gasteiger partial charge in [-0.1, -0.05) is 0 Å². The molecule has 1 rings (SSSR count). The molecule has 1 saturated heterocycles. The molecule has 1 fully saturated rings. The molecular weight excluding hydrogens is 282 g/mol. The van der Waals surface area contributed by atoms with Crippen LogP contribution in [0.2, 0.25) is 0 Å². The maximum absolute atomic E-state index is 5.22. The second kappa shape index (κ2) is 5.39. The van der Waals surface area contributed by atoms with Crippen molar-refractivity contribution in [2.45, 2.75) is 124 Å². The van der Waals surface area contributed by atoms with Gasteiger partial charge in [0.05, 0.1) is 5.54 Å². The predicted molar refractivity (Wildman–Crippen MR) is 103 cm³/mol. The molecule has 0 atom stereocenters. The van der Waals surface area contributed by atoms with Crippen molar-refractivity contribution in [3.8, 4) is 0 Å². The molecule has 0 spiro atoms. The van der Waals surface area contributed by atoms with Gasteiger partial charge in [0, 0.05) is 22.2 Å². The number of guanidine groups is 1. The first-order chi connectivity index (χ1) is 9.79. The lowest BCUT2D eigenvalue weighted by Crippen LogP contribution is -2.74. The minimum Gasteiger partial charge on any atom is -0.333 e. The molecular formula is C20H41N3. The van der Waals surface area contributed by atoms with Crippen LogP contribution in [0.3, 0.4) is 0 Å². The Morgan fingerprint density at radius 2 is 1.00 bits per heavy atom. The van der Waals surface area contributed by atoms with Gasteiger partial charge >= 0.3 is 0 Å². The third-order valence-corrected chi connectivity index (χ3v) is 4.25. The summed E-state index contributed by atoms with van der Waals surface area (Å²) < 4.78 is 0. The second-order valence-electron chi connectivity index (χ2n) is 11.4. The number of aliphatic imine (C=N–C) groups is 1. The topological polar surface area (TPSA) is 18.8 Å². The molecule has 0 amide bonds. The van der Waals surface area contributed by atoms with Crippen molar-refractivity contribution >= 4 is 5.96 Å². The van der Waals surface area contributed by atoms with Crippen molar-refractivity contribution in [1.82, 2.24) is 9.80 Å². The molecule has 0 bridgehead atoms. The molecule has 0 saturated carbocycles. The Labute approximate surface area is 145 Å². The molecule has 0 aromatic rings. The first-order valence-electron chi connectivity index (χ1n) is 9.00. The van der Waals surface area contributed by atoms with E-state index in [1.165, 1.54) is 0 Å². The van der Waals surface area contributed by atoms with Gasteiger partial charge in [-0.05, 0) is 96.4 Å². The fourth-order valence-corrected chi connectivity index (χ4v) is 4.67. The molecule has 0 unspecified atom stereocenters. The van der Waals surface area contributed by atoms with Crippen molar-refractivity contribution in [2.24, 2.45) is 4.99 Å². The zero-order valence-corrected chi connectivity index (χ0v) is 18.0. The molecule has 0 N–H and O–H groups in total. The van der Waals surface area contributed by atoms with Crippen LogP contribution in [0.5, 0.6) is 0 Å². The van der Waals surface area contributed by atoms with Crippen LogP contribution in [-0.2, 0) is 0 Å². The Bertz CT molecular complexity index is 431. The van der Waals surface area contributed by atoms with Crippen molar-refractivity contribution in [1.29, 1.82) is 0 Å². The molecule has 0 radical (unpaired) electrons. The fourth-order valence-electron chi connectivity index (χ4n) is 4.67. The number of hydrogen-bond acceptors (Lipinski definition) is 1. The lowest BCUT2D eigenvalue weighted by Gasteiger charge is -2.64. The Kier molecular flexibility index (Phi) is 4.76. The van der Waals surface area contributed by atoms with Gasteiger partial charge in [0.15, 0.2) is 5.96 Å². The highest BCUT2D eigenvalue weighted by atomic mass is 15.5. The van der Waals surface area contributed by atoms with Gasteiger partial charge in [-0.2, -0.15) is 0 Å². The Morgan fingerprint density at radius 3 is 1.22 bits per heavy atom. The molecule has 1 heterocycles. The third kappa shape index (κ3) is 4.42. The van der Waals surface area contributed by atoms with Crippen molar-refractivity contribution in [2.75, 3.05) is 0 Å². The van der Waals surface area contributed by atoms with Crippen LogP contribution < -0.4 is 0 Å². The van der Waals surface area contributed by atoms with Crippen molar-refractivity contribution in [3.05, 3.63) is 0 Å². The summed E-state index contributed by atoms with van der Waals surface area (Å²) in [7, 11) is 0. The predicted octanol–water partition coefficient (Wildman–Crippen LogP) is 5.30. The van der Waals surface area contributed by atoms with E-state index in [4.69, 9.17) is 4.99 Å². The van der Waals surface area contributed by atoms with Crippen LogP contribution in [0.25, 0.3) is 0 Å². The Morgan fingerprint density at radius 1 is 0.696 bits per heavy atom. The summed E-state index contributed by atoms with van der Waals surface area (Å²) in [6, 6.07) is 0. The summed E-state index contributed by atoms with van der Waals surface area (Å²) in [6.45, 7) is 29.8. The van der Waals surface area contributed by atoms with E-state index in [0.29, 0.717) is 0 Å². The number of nitrogens with zero attached hydrogens (tertiary/aromatic N) is 3. The van der Waals surface area contributed by atoms with Crippen LogP contribution in [0.4, 0.5) is 0 Å². The monoisotopic (exact) mass is 323 g/mol. The van der Waals surface area contributed by atoms with Crippen LogP contribution in [0.1, 0.15) is 96.4 Å². The molecule has 1 aliphatic heterocycles. The first kappa shape index (κ1) is 20.3. The largest absolute Gasteiger partial charge is 0.333 e. The molecule has 3 nitrogen and oxygen atoms in total. The van der Waals surface area contributed by atoms with Crippen molar-refractivity contribution in [3.63, 3.8) is 0 Å². The van der Waals surface area contributed by atoms with E-state index in [9.17, 15) is 0 Å². The van der Waals surface area contributed by atoms with Gasteiger partial charge in [-0.15, -0.1) is 0 Å². The Balaban J connectivity index is 3.71. The van der Waals surface area contributed by atoms with E-state index in [2.05, 4.69) is 99.8 Å². The van der Waals surface area contributed by atoms with Crippen molar-refractivity contribution < 1.29 is 0 Å². The maximum atomic E-state index is 5.22. The normalized spacial score (nSPS) is 22.4. The molecule has 1 aliphatic rings. The molecule has 3 heteroatoms. The standard InChI is InChI=1S/C20H41N3/c1-16(2,3)21-15-22(17(4,5)6)19(10,11)14-20(12,13)23(15)18(7,8)9/h14H2,1-13H3. The SMILES string of the molecule is CC(C)(C)N=C1N(C(C)(C)C)C(C)(C)CC(C)(C)N1C(C)(C)C. The van der Waals surface area contributed by atoms with Gasteiger partial charge < -0.3 is 9.80 Å². The van der Waals surface area contributed by atoms with E-state index in [1.807, 2.05) is 0 Å².